The molecular formula is C11H15Cl2N. The molecule has 0 aliphatic heterocycles. The molecule has 0 spiro atoms. The average Bonchev–Trinajstić information content (AvgIpc) is 2.08. The number of alkyl halides is 2. The van der Waals surface area contributed by atoms with E-state index in [0.717, 1.165) is 5.70 Å². The average molecular weight is 232 g/mol. The number of allylic oxidation sites excluding steroid dienone is 5. The summed E-state index contributed by atoms with van der Waals surface area (Å²) in [5.74, 6) is 0. The van der Waals surface area contributed by atoms with Gasteiger partial charge in [-0.15, -0.1) is 23.2 Å². The van der Waals surface area contributed by atoms with Gasteiger partial charge in [-0.1, -0.05) is 18.2 Å². The number of rotatable bonds is 1. The van der Waals surface area contributed by atoms with Crippen LogP contribution in [0, 0.1) is 0 Å². The van der Waals surface area contributed by atoms with Gasteiger partial charge in [-0.2, -0.15) is 0 Å². The minimum atomic E-state index is -0.487. The lowest BCUT2D eigenvalue weighted by atomic mass is 10.0. The Labute approximate surface area is 95.5 Å². The van der Waals surface area contributed by atoms with E-state index < -0.39 is 9.75 Å². The van der Waals surface area contributed by atoms with Crippen LogP contribution in [0.2, 0.25) is 0 Å². The molecule has 0 amide bonds. The number of nitrogens with one attached hydrogen (secondary N) is 1. The summed E-state index contributed by atoms with van der Waals surface area (Å²) in [5.41, 5.74) is 0.971. The molecular weight excluding hydrogens is 217 g/mol. The maximum Gasteiger partial charge on any atom is 0.0801 e. The normalized spacial score (nSPS) is 39.6. The van der Waals surface area contributed by atoms with E-state index in [2.05, 4.69) is 5.32 Å². The van der Waals surface area contributed by atoms with E-state index in [1.807, 2.05) is 51.3 Å². The smallest absolute Gasteiger partial charge is 0.0801 e. The molecule has 2 unspecified atom stereocenters. The predicted octanol–water partition coefficient (Wildman–Crippen LogP) is 3.21. The summed E-state index contributed by atoms with van der Waals surface area (Å²) in [4.78, 5) is -0.953. The fourth-order valence-corrected chi connectivity index (χ4v) is 1.50. The first-order chi connectivity index (χ1) is 6.35. The molecule has 1 N–H and O–H groups in total. The summed E-state index contributed by atoms with van der Waals surface area (Å²) < 4.78 is 0. The van der Waals surface area contributed by atoms with Crippen molar-refractivity contribution in [3.63, 3.8) is 0 Å². The second kappa shape index (κ2) is 4.00. The van der Waals surface area contributed by atoms with E-state index in [9.17, 15) is 0 Å². The molecule has 0 bridgehead atoms. The Bertz CT molecular complexity index is 298. The molecule has 0 radical (unpaired) electrons. The van der Waals surface area contributed by atoms with Crippen LogP contribution in [0.15, 0.2) is 36.1 Å². The van der Waals surface area contributed by atoms with Gasteiger partial charge in [-0.3, -0.25) is 0 Å². The van der Waals surface area contributed by atoms with Crippen LogP contribution in [-0.4, -0.2) is 16.8 Å². The summed E-state index contributed by atoms with van der Waals surface area (Å²) in [6, 6.07) is 0. The van der Waals surface area contributed by atoms with E-state index in [1.165, 1.54) is 0 Å². The third kappa shape index (κ3) is 3.39. The summed E-state index contributed by atoms with van der Waals surface area (Å²) in [5, 5.41) is 3.06. The minimum Gasteiger partial charge on any atom is -0.388 e. The Hall–Kier alpha value is -0.400. The van der Waals surface area contributed by atoms with E-state index in [0.29, 0.717) is 0 Å². The standard InChI is InChI=1S/C11H15Cl2N/c1-10(12)5-4-9(14-3)8-11(2,13)7-6-10/h4-8,14H,1-3H3/b5-4?,7-6-,9-8?. The molecule has 0 heterocycles. The van der Waals surface area contributed by atoms with Crippen LogP contribution >= 0.6 is 23.2 Å². The van der Waals surface area contributed by atoms with Gasteiger partial charge in [0.15, 0.2) is 0 Å². The lowest BCUT2D eigenvalue weighted by Crippen LogP contribution is -2.19. The summed E-state index contributed by atoms with van der Waals surface area (Å²) in [6.45, 7) is 3.85. The van der Waals surface area contributed by atoms with Crippen LogP contribution in [0.1, 0.15) is 13.8 Å². The Morgan fingerprint density at radius 3 is 2.21 bits per heavy atom. The zero-order valence-electron chi connectivity index (χ0n) is 8.64. The third-order valence-corrected chi connectivity index (χ3v) is 2.54. The third-order valence-electron chi connectivity index (χ3n) is 2.05. The molecule has 0 saturated heterocycles. The first-order valence-corrected chi connectivity index (χ1v) is 5.28. The van der Waals surface area contributed by atoms with E-state index in [4.69, 9.17) is 23.2 Å². The largest absolute Gasteiger partial charge is 0.388 e. The molecule has 1 rings (SSSR count). The molecule has 1 aliphatic carbocycles. The SMILES string of the molecule is CNC1=CC(C)(Cl)/C=C\C(C)(Cl)C=C1. The van der Waals surface area contributed by atoms with Crippen molar-refractivity contribution in [1.29, 1.82) is 0 Å². The zero-order valence-corrected chi connectivity index (χ0v) is 10.2. The highest BCUT2D eigenvalue weighted by molar-refractivity contribution is 6.28. The van der Waals surface area contributed by atoms with Crippen LogP contribution in [0.4, 0.5) is 0 Å². The monoisotopic (exact) mass is 231 g/mol. The van der Waals surface area contributed by atoms with Crippen LogP contribution in [0.5, 0.6) is 0 Å². The summed E-state index contributed by atoms with van der Waals surface area (Å²) in [6.07, 6.45) is 9.63. The van der Waals surface area contributed by atoms with Crippen LogP contribution in [0.25, 0.3) is 0 Å². The van der Waals surface area contributed by atoms with Gasteiger partial charge in [0.25, 0.3) is 0 Å². The molecule has 0 aromatic heterocycles. The number of halogens is 2. The molecule has 1 nitrogen and oxygen atoms in total. The van der Waals surface area contributed by atoms with Gasteiger partial charge in [-0.05, 0) is 26.0 Å². The van der Waals surface area contributed by atoms with Crippen molar-refractivity contribution in [2.75, 3.05) is 7.05 Å². The van der Waals surface area contributed by atoms with Gasteiger partial charge in [0.05, 0.1) is 9.75 Å². The first kappa shape index (κ1) is 11.7. The highest BCUT2D eigenvalue weighted by atomic mass is 35.5. The van der Waals surface area contributed by atoms with Crippen molar-refractivity contribution in [3.8, 4) is 0 Å². The maximum absolute atomic E-state index is 6.25. The lowest BCUT2D eigenvalue weighted by molar-refractivity contribution is 0.888. The van der Waals surface area contributed by atoms with Crippen molar-refractivity contribution in [1.82, 2.24) is 5.32 Å². The van der Waals surface area contributed by atoms with Crippen molar-refractivity contribution < 1.29 is 0 Å². The maximum atomic E-state index is 6.25. The Morgan fingerprint density at radius 2 is 1.64 bits per heavy atom. The van der Waals surface area contributed by atoms with Crippen molar-refractivity contribution >= 4 is 23.2 Å². The summed E-state index contributed by atoms with van der Waals surface area (Å²) >= 11 is 12.5. The molecule has 3 heteroatoms. The highest BCUT2D eigenvalue weighted by Gasteiger charge is 2.20. The van der Waals surface area contributed by atoms with Gasteiger partial charge in [0.1, 0.15) is 0 Å². The molecule has 0 aromatic rings. The van der Waals surface area contributed by atoms with E-state index >= 15 is 0 Å². The number of hydrogen-bond donors (Lipinski definition) is 1. The van der Waals surface area contributed by atoms with E-state index in [1.54, 1.807) is 0 Å². The van der Waals surface area contributed by atoms with Crippen LogP contribution in [0.3, 0.4) is 0 Å². The fourth-order valence-electron chi connectivity index (χ4n) is 1.19. The van der Waals surface area contributed by atoms with Gasteiger partial charge >= 0.3 is 0 Å². The minimum absolute atomic E-state index is 0.466. The Balaban J connectivity index is 3.10. The second-order valence-corrected chi connectivity index (χ2v) is 5.45. The van der Waals surface area contributed by atoms with Crippen molar-refractivity contribution in [3.05, 3.63) is 36.1 Å². The molecule has 0 fully saturated rings. The van der Waals surface area contributed by atoms with E-state index in [-0.39, 0.29) is 0 Å². The Kier molecular flexibility index (Phi) is 3.33. The topological polar surface area (TPSA) is 12.0 Å². The quantitative estimate of drug-likeness (QED) is 0.540. The predicted molar refractivity (Wildman–Crippen MR) is 63.9 cm³/mol. The van der Waals surface area contributed by atoms with Crippen LogP contribution in [-0.2, 0) is 0 Å². The number of likely N-dealkylation sites (N-methyl/N-ethyl adjacent to an activating group) is 1. The van der Waals surface area contributed by atoms with Gasteiger partial charge in [0, 0.05) is 12.7 Å². The van der Waals surface area contributed by atoms with Crippen molar-refractivity contribution in [2.24, 2.45) is 0 Å². The number of hydrogen-bond acceptors (Lipinski definition) is 1. The molecule has 0 saturated carbocycles. The summed E-state index contributed by atoms with van der Waals surface area (Å²) in [7, 11) is 1.86. The lowest BCUT2D eigenvalue weighted by Gasteiger charge is -2.21. The molecule has 78 valence electrons. The fraction of sp³-hybridized carbons (Fsp3) is 0.455. The molecule has 2 atom stereocenters. The van der Waals surface area contributed by atoms with Crippen LogP contribution < -0.4 is 5.32 Å². The molecule has 1 aliphatic rings. The second-order valence-electron chi connectivity index (χ2n) is 3.82. The Morgan fingerprint density at radius 1 is 1.07 bits per heavy atom. The zero-order chi connectivity index (χ0) is 10.8. The first-order valence-electron chi connectivity index (χ1n) is 4.53. The van der Waals surface area contributed by atoms with Crippen molar-refractivity contribution in [2.45, 2.75) is 23.6 Å². The molecule has 0 aromatic carbocycles. The van der Waals surface area contributed by atoms with Gasteiger partial charge < -0.3 is 5.32 Å². The van der Waals surface area contributed by atoms with Gasteiger partial charge in [0.2, 0.25) is 0 Å². The van der Waals surface area contributed by atoms with Gasteiger partial charge in [-0.25, -0.2) is 0 Å². The molecule has 14 heavy (non-hydrogen) atoms. The highest BCUT2D eigenvalue weighted by Crippen LogP contribution is 2.27.